The molecule has 0 heterocycles. The van der Waals surface area contributed by atoms with Crippen molar-refractivity contribution in [2.24, 2.45) is 5.73 Å². The minimum absolute atomic E-state index is 0.0614. The maximum Gasteiger partial charge on any atom is 0.209 e. The number of carbonyl (C=O) groups excluding carboxylic acids is 2. The third kappa shape index (κ3) is 8.63. The van der Waals surface area contributed by atoms with Crippen molar-refractivity contribution in [2.45, 2.75) is 116 Å². The van der Waals surface area contributed by atoms with Crippen LogP contribution >= 0.6 is 0 Å². The van der Waals surface area contributed by atoms with Crippen LogP contribution in [0.2, 0.25) is 0 Å². The van der Waals surface area contributed by atoms with Gasteiger partial charge in [0.05, 0.1) is 5.70 Å². The summed E-state index contributed by atoms with van der Waals surface area (Å²) in [6, 6.07) is 7.00. The summed E-state index contributed by atoms with van der Waals surface area (Å²) in [5.41, 5.74) is 7.64. The Balaban J connectivity index is 1.47. The van der Waals surface area contributed by atoms with Gasteiger partial charge in [0, 0.05) is 16.7 Å². The lowest BCUT2D eigenvalue weighted by atomic mass is 9.85. The van der Waals surface area contributed by atoms with E-state index < -0.39 is 0 Å². The number of allylic oxidation sites excluding steroid dienone is 2. The first-order valence-electron chi connectivity index (χ1n) is 12.8. The van der Waals surface area contributed by atoms with Gasteiger partial charge in [-0.3, -0.25) is 9.59 Å². The van der Waals surface area contributed by atoms with E-state index in [2.05, 4.69) is 6.92 Å². The predicted molar refractivity (Wildman–Crippen MR) is 130 cm³/mol. The van der Waals surface area contributed by atoms with Crippen LogP contribution in [0, 0.1) is 0 Å². The summed E-state index contributed by atoms with van der Waals surface area (Å²) in [6.07, 6.45) is 21.8. The number of nitrogens with two attached hydrogens (primary N) is 1. The Bertz CT molecular complexity index is 719. The lowest BCUT2D eigenvalue weighted by Crippen LogP contribution is -2.26. The summed E-state index contributed by atoms with van der Waals surface area (Å²) in [6.45, 7) is 2.27. The standard InChI is InChI=1S/C28H43NO2/c1-2-3-4-5-6-7-8-9-10-11-12-13-14-15-16-17-22-25-26(29)28(31)24-21-19-18-20-23(24)27(25)30/h18-21H,2-17,22,29H2,1H3. The fourth-order valence-corrected chi connectivity index (χ4v) is 4.54. The van der Waals surface area contributed by atoms with E-state index >= 15 is 0 Å². The molecule has 0 unspecified atom stereocenters. The molecule has 3 heteroatoms. The van der Waals surface area contributed by atoms with E-state index in [0.29, 0.717) is 23.1 Å². The second-order valence-corrected chi connectivity index (χ2v) is 9.15. The zero-order valence-electron chi connectivity index (χ0n) is 19.7. The van der Waals surface area contributed by atoms with Crippen molar-refractivity contribution in [3.05, 3.63) is 46.7 Å². The van der Waals surface area contributed by atoms with Crippen LogP contribution in [0.5, 0.6) is 0 Å². The molecule has 0 spiro atoms. The largest absolute Gasteiger partial charge is 0.395 e. The fraction of sp³-hybridized carbons (Fsp3) is 0.643. The van der Waals surface area contributed by atoms with E-state index in [0.717, 1.165) is 12.8 Å². The number of benzene rings is 1. The highest BCUT2D eigenvalue weighted by Gasteiger charge is 2.29. The second-order valence-electron chi connectivity index (χ2n) is 9.15. The molecule has 0 amide bonds. The maximum absolute atomic E-state index is 12.7. The number of Topliss-reactive ketones (excluding diaryl/α,β-unsaturated/α-hetero) is 2. The van der Waals surface area contributed by atoms with Gasteiger partial charge < -0.3 is 5.73 Å². The van der Waals surface area contributed by atoms with Gasteiger partial charge in [-0.05, 0) is 12.8 Å². The Morgan fingerprint density at radius 3 is 1.42 bits per heavy atom. The van der Waals surface area contributed by atoms with Gasteiger partial charge in [0.1, 0.15) is 0 Å². The van der Waals surface area contributed by atoms with E-state index in [1.165, 1.54) is 89.9 Å². The molecule has 0 bridgehead atoms. The number of hydrogen-bond donors (Lipinski definition) is 1. The maximum atomic E-state index is 12.7. The average molecular weight is 426 g/mol. The highest BCUT2D eigenvalue weighted by Crippen LogP contribution is 2.27. The van der Waals surface area contributed by atoms with Crippen LogP contribution < -0.4 is 5.73 Å². The normalized spacial score (nSPS) is 13.7. The summed E-state index contributed by atoms with van der Waals surface area (Å²) in [4.78, 5) is 25.1. The van der Waals surface area contributed by atoms with Crippen LogP contribution in [-0.4, -0.2) is 11.6 Å². The molecule has 1 aliphatic rings. The van der Waals surface area contributed by atoms with Crippen LogP contribution in [-0.2, 0) is 0 Å². The van der Waals surface area contributed by atoms with Crippen LogP contribution in [0.15, 0.2) is 35.5 Å². The van der Waals surface area contributed by atoms with Gasteiger partial charge in [-0.2, -0.15) is 0 Å². The zero-order chi connectivity index (χ0) is 22.3. The highest BCUT2D eigenvalue weighted by molar-refractivity contribution is 6.26. The first kappa shape index (κ1) is 25.4. The quantitative estimate of drug-likeness (QED) is 0.258. The number of ketones is 2. The molecule has 172 valence electrons. The lowest BCUT2D eigenvalue weighted by molar-refractivity contribution is 0.0970. The second kappa shape index (κ2) is 15.0. The molecule has 0 atom stereocenters. The van der Waals surface area contributed by atoms with Crippen molar-refractivity contribution in [2.75, 3.05) is 0 Å². The minimum atomic E-state index is -0.193. The molecule has 0 radical (unpaired) electrons. The van der Waals surface area contributed by atoms with Crippen molar-refractivity contribution in [1.29, 1.82) is 0 Å². The Kier molecular flexibility index (Phi) is 12.3. The molecule has 0 aliphatic heterocycles. The number of rotatable bonds is 17. The third-order valence-corrected chi connectivity index (χ3v) is 6.54. The van der Waals surface area contributed by atoms with Gasteiger partial charge in [0.15, 0.2) is 5.78 Å². The molecule has 1 aromatic carbocycles. The molecule has 1 aliphatic carbocycles. The molecular formula is C28H43NO2. The van der Waals surface area contributed by atoms with Gasteiger partial charge in [-0.25, -0.2) is 0 Å². The van der Waals surface area contributed by atoms with E-state index in [9.17, 15) is 9.59 Å². The lowest BCUT2D eigenvalue weighted by Gasteiger charge is -2.18. The van der Waals surface area contributed by atoms with Crippen LogP contribution in [0.1, 0.15) is 137 Å². The highest BCUT2D eigenvalue weighted by atomic mass is 16.1. The zero-order valence-corrected chi connectivity index (χ0v) is 19.7. The molecule has 31 heavy (non-hydrogen) atoms. The molecule has 2 N–H and O–H groups in total. The molecule has 0 aromatic heterocycles. The topological polar surface area (TPSA) is 60.2 Å². The van der Waals surface area contributed by atoms with Crippen molar-refractivity contribution >= 4 is 11.6 Å². The van der Waals surface area contributed by atoms with E-state index in [1.807, 2.05) is 0 Å². The summed E-state index contributed by atoms with van der Waals surface area (Å²) in [5.74, 6) is -0.254. The first-order chi connectivity index (χ1) is 15.2. The van der Waals surface area contributed by atoms with Crippen LogP contribution in [0.25, 0.3) is 0 Å². The summed E-state index contributed by atoms with van der Waals surface area (Å²) < 4.78 is 0. The molecule has 0 saturated carbocycles. The Labute approximate surface area is 189 Å². The molecular weight excluding hydrogens is 382 g/mol. The molecule has 3 nitrogen and oxygen atoms in total. The van der Waals surface area contributed by atoms with Gasteiger partial charge in [-0.1, -0.05) is 128 Å². The molecule has 0 saturated heterocycles. The summed E-state index contributed by atoms with van der Waals surface area (Å²) >= 11 is 0. The van der Waals surface area contributed by atoms with Gasteiger partial charge >= 0.3 is 0 Å². The minimum Gasteiger partial charge on any atom is -0.395 e. The Morgan fingerprint density at radius 1 is 0.581 bits per heavy atom. The molecule has 0 fully saturated rings. The van der Waals surface area contributed by atoms with Crippen LogP contribution in [0.3, 0.4) is 0 Å². The van der Waals surface area contributed by atoms with Gasteiger partial charge in [0.2, 0.25) is 5.78 Å². The Hall–Kier alpha value is -1.90. The van der Waals surface area contributed by atoms with Crippen molar-refractivity contribution in [1.82, 2.24) is 0 Å². The average Bonchev–Trinajstić information content (AvgIpc) is 2.79. The van der Waals surface area contributed by atoms with Crippen molar-refractivity contribution in [3.63, 3.8) is 0 Å². The number of unbranched alkanes of at least 4 members (excludes halogenated alkanes) is 15. The van der Waals surface area contributed by atoms with E-state index in [4.69, 9.17) is 5.73 Å². The SMILES string of the molecule is CCCCCCCCCCCCCCCCCCC1=C(N)C(=O)c2ccccc2C1=O. The van der Waals surface area contributed by atoms with Gasteiger partial charge in [-0.15, -0.1) is 0 Å². The third-order valence-electron chi connectivity index (χ3n) is 6.54. The van der Waals surface area contributed by atoms with E-state index in [-0.39, 0.29) is 17.3 Å². The molecule has 2 rings (SSSR count). The summed E-state index contributed by atoms with van der Waals surface area (Å²) in [5, 5.41) is 0. The smallest absolute Gasteiger partial charge is 0.209 e. The first-order valence-corrected chi connectivity index (χ1v) is 12.8. The molecule has 1 aromatic rings. The Morgan fingerprint density at radius 2 is 0.968 bits per heavy atom. The predicted octanol–water partition coefficient (Wildman–Crippen LogP) is 7.93. The van der Waals surface area contributed by atoms with Gasteiger partial charge in [0.25, 0.3) is 0 Å². The number of hydrogen-bond acceptors (Lipinski definition) is 3. The summed E-state index contributed by atoms with van der Waals surface area (Å²) in [7, 11) is 0. The van der Waals surface area contributed by atoms with Crippen molar-refractivity contribution < 1.29 is 9.59 Å². The van der Waals surface area contributed by atoms with Crippen molar-refractivity contribution in [3.8, 4) is 0 Å². The number of carbonyl (C=O) groups is 2. The van der Waals surface area contributed by atoms with Crippen LogP contribution in [0.4, 0.5) is 0 Å². The fourth-order valence-electron chi connectivity index (χ4n) is 4.54. The monoisotopic (exact) mass is 425 g/mol. The number of fused-ring (bicyclic) bond motifs is 1. The van der Waals surface area contributed by atoms with E-state index in [1.54, 1.807) is 24.3 Å².